The van der Waals surface area contributed by atoms with Crippen LogP contribution in [0.4, 0.5) is 0 Å². The van der Waals surface area contributed by atoms with Crippen LogP contribution in [0.5, 0.6) is 5.75 Å². The number of nitrogens with zero attached hydrogens (tertiary/aromatic N) is 2. The van der Waals surface area contributed by atoms with Crippen molar-refractivity contribution in [3.05, 3.63) is 47.3 Å². The van der Waals surface area contributed by atoms with E-state index in [4.69, 9.17) is 9.47 Å². The lowest BCUT2D eigenvalue weighted by Gasteiger charge is -2.41. The maximum atomic E-state index is 13.2. The monoisotopic (exact) mass is 369 g/mol. The van der Waals surface area contributed by atoms with Crippen molar-refractivity contribution < 1.29 is 14.3 Å². The summed E-state index contributed by atoms with van der Waals surface area (Å²) in [6.45, 7) is 1.68. The van der Waals surface area contributed by atoms with Gasteiger partial charge in [-0.05, 0) is 50.7 Å². The number of H-pyrrole nitrogens is 1. The van der Waals surface area contributed by atoms with Gasteiger partial charge in [-0.3, -0.25) is 9.89 Å². The molecule has 144 valence electrons. The van der Waals surface area contributed by atoms with E-state index < -0.39 is 5.60 Å². The Morgan fingerprint density at radius 3 is 2.85 bits per heavy atom. The Kier molecular flexibility index (Phi) is 5.16. The second-order valence-corrected chi connectivity index (χ2v) is 7.56. The number of likely N-dealkylation sites (tertiary alicyclic amines) is 1. The number of fused-ring (bicyclic) bond motifs is 1. The van der Waals surface area contributed by atoms with Crippen LogP contribution in [0, 0.1) is 0 Å². The van der Waals surface area contributed by atoms with Crippen LogP contribution in [0.1, 0.15) is 47.4 Å². The average molecular weight is 369 g/mol. The largest absolute Gasteiger partial charge is 0.491 e. The molecule has 1 unspecified atom stereocenters. The molecular weight excluding hydrogens is 342 g/mol. The molecule has 1 aliphatic heterocycles. The summed E-state index contributed by atoms with van der Waals surface area (Å²) in [5.74, 6) is 0.828. The quantitative estimate of drug-likeness (QED) is 0.880. The van der Waals surface area contributed by atoms with E-state index in [1.165, 1.54) is 0 Å². The Labute approximate surface area is 159 Å². The number of hydrogen-bond donors (Lipinski definition) is 1. The molecule has 2 heterocycles. The molecular formula is C21H27N3O3. The topological polar surface area (TPSA) is 67.5 Å². The molecule has 1 aliphatic carbocycles. The van der Waals surface area contributed by atoms with Crippen molar-refractivity contribution in [2.75, 3.05) is 26.8 Å². The van der Waals surface area contributed by atoms with Gasteiger partial charge >= 0.3 is 0 Å². The number of amides is 1. The second kappa shape index (κ2) is 7.72. The lowest BCUT2D eigenvalue weighted by molar-refractivity contribution is -0.0825. The smallest absolute Gasteiger partial charge is 0.274 e. The first-order valence-electron chi connectivity index (χ1n) is 9.79. The minimum atomic E-state index is -0.486. The average Bonchev–Trinajstić information content (AvgIpc) is 3.17. The zero-order valence-electron chi connectivity index (χ0n) is 15.9. The van der Waals surface area contributed by atoms with Gasteiger partial charge in [0.25, 0.3) is 5.91 Å². The number of aryl methyl sites for hydroxylation is 1. The van der Waals surface area contributed by atoms with Crippen LogP contribution in [0.15, 0.2) is 30.3 Å². The molecule has 1 amide bonds. The maximum Gasteiger partial charge on any atom is 0.274 e. The van der Waals surface area contributed by atoms with Crippen LogP contribution in [0.25, 0.3) is 0 Å². The Bertz CT molecular complexity index is 789. The van der Waals surface area contributed by atoms with Gasteiger partial charge in [-0.25, -0.2) is 0 Å². The number of carbonyl (C=O) groups is 1. The molecule has 0 bridgehead atoms. The summed E-state index contributed by atoms with van der Waals surface area (Å²) in [6, 6.07) is 9.74. The fourth-order valence-corrected chi connectivity index (χ4v) is 4.15. The van der Waals surface area contributed by atoms with Crippen LogP contribution < -0.4 is 4.74 Å². The van der Waals surface area contributed by atoms with Crippen LogP contribution in [-0.2, 0) is 17.6 Å². The van der Waals surface area contributed by atoms with Crippen molar-refractivity contribution in [1.82, 2.24) is 15.1 Å². The van der Waals surface area contributed by atoms with Gasteiger partial charge in [-0.2, -0.15) is 5.10 Å². The molecule has 6 nitrogen and oxygen atoms in total. The summed E-state index contributed by atoms with van der Waals surface area (Å²) in [6.07, 6.45) is 5.98. The maximum absolute atomic E-state index is 13.2. The molecule has 4 rings (SSSR count). The number of carbonyl (C=O) groups excluding carboxylic acids is 1. The Hall–Kier alpha value is -2.34. The fourth-order valence-electron chi connectivity index (χ4n) is 4.15. The normalized spacial score (nSPS) is 22.3. The summed E-state index contributed by atoms with van der Waals surface area (Å²) in [4.78, 5) is 15.0. The molecule has 6 heteroatoms. The number of ether oxygens (including phenoxy) is 2. The van der Waals surface area contributed by atoms with Gasteiger partial charge in [0.2, 0.25) is 0 Å². The highest BCUT2D eigenvalue weighted by atomic mass is 16.5. The van der Waals surface area contributed by atoms with E-state index >= 15 is 0 Å². The zero-order chi connectivity index (χ0) is 18.7. The molecule has 2 aliphatic rings. The lowest BCUT2D eigenvalue weighted by Crippen LogP contribution is -2.54. The highest BCUT2D eigenvalue weighted by molar-refractivity contribution is 5.94. The minimum absolute atomic E-state index is 0.00948. The number of aromatic nitrogens is 2. The second-order valence-electron chi connectivity index (χ2n) is 7.56. The number of aromatic amines is 1. The van der Waals surface area contributed by atoms with Gasteiger partial charge in [-0.1, -0.05) is 18.2 Å². The standard InChI is InChI=1S/C21H27N3O3/c1-26-21(15-27-16-8-3-2-4-9-16)12-7-13-24(14-21)20(25)19-17-10-5-6-11-18(17)22-23-19/h2-4,8-9H,5-7,10-15H2,1H3,(H,22,23). The SMILES string of the molecule is COC1(COc2ccccc2)CCCN(C(=O)c2n[nH]c3c2CCCC3)C1. The summed E-state index contributed by atoms with van der Waals surface area (Å²) < 4.78 is 11.8. The number of hydrogen-bond acceptors (Lipinski definition) is 4. The molecule has 1 fully saturated rings. The van der Waals surface area contributed by atoms with Crippen LogP contribution in [0.2, 0.25) is 0 Å². The number of nitrogens with one attached hydrogen (secondary N) is 1. The van der Waals surface area contributed by atoms with Gasteiger partial charge in [0.05, 0.1) is 6.54 Å². The van der Waals surface area contributed by atoms with E-state index in [0.717, 1.165) is 62.1 Å². The Morgan fingerprint density at radius 1 is 1.22 bits per heavy atom. The number of benzene rings is 1. The molecule has 27 heavy (non-hydrogen) atoms. The predicted molar refractivity (Wildman–Crippen MR) is 102 cm³/mol. The summed E-state index contributed by atoms with van der Waals surface area (Å²) in [7, 11) is 1.71. The molecule has 1 N–H and O–H groups in total. The molecule has 1 atom stereocenters. The van der Waals surface area contributed by atoms with E-state index in [9.17, 15) is 4.79 Å². The third-order valence-electron chi connectivity index (χ3n) is 5.76. The van der Waals surface area contributed by atoms with E-state index in [-0.39, 0.29) is 5.91 Å². The van der Waals surface area contributed by atoms with E-state index in [2.05, 4.69) is 10.2 Å². The van der Waals surface area contributed by atoms with Crippen molar-refractivity contribution in [2.24, 2.45) is 0 Å². The number of rotatable bonds is 5. The third-order valence-corrected chi connectivity index (χ3v) is 5.76. The number of methoxy groups -OCH3 is 1. The van der Waals surface area contributed by atoms with Crippen molar-refractivity contribution in [3.63, 3.8) is 0 Å². The summed E-state index contributed by atoms with van der Waals surface area (Å²) in [5.41, 5.74) is 2.35. The highest BCUT2D eigenvalue weighted by Gasteiger charge is 2.39. The highest BCUT2D eigenvalue weighted by Crippen LogP contribution is 2.29. The summed E-state index contributed by atoms with van der Waals surface area (Å²) in [5, 5.41) is 7.43. The fraction of sp³-hybridized carbons (Fsp3) is 0.524. The first-order valence-corrected chi connectivity index (χ1v) is 9.79. The zero-order valence-corrected chi connectivity index (χ0v) is 15.9. The Morgan fingerprint density at radius 2 is 2.04 bits per heavy atom. The Balaban J connectivity index is 1.47. The molecule has 1 aromatic carbocycles. The molecule has 0 radical (unpaired) electrons. The van der Waals surface area contributed by atoms with E-state index in [0.29, 0.717) is 18.8 Å². The first-order chi connectivity index (χ1) is 13.2. The summed E-state index contributed by atoms with van der Waals surface area (Å²) >= 11 is 0. The van der Waals surface area contributed by atoms with Gasteiger partial charge in [0.1, 0.15) is 18.0 Å². The molecule has 0 saturated carbocycles. The van der Waals surface area contributed by atoms with Gasteiger partial charge in [0, 0.05) is 24.9 Å². The van der Waals surface area contributed by atoms with E-state index in [1.807, 2.05) is 35.2 Å². The minimum Gasteiger partial charge on any atom is -0.491 e. The van der Waals surface area contributed by atoms with Gasteiger partial charge < -0.3 is 14.4 Å². The van der Waals surface area contributed by atoms with Crippen LogP contribution in [-0.4, -0.2) is 53.4 Å². The number of piperidine rings is 1. The van der Waals surface area contributed by atoms with Gasteiger partial charge in [-0.15, -0.1) is 0 Å². The van der Waals surface area contributed by atoms with Crippen molar-refractivity contribution in [1.29, 1.82) is 0 Å². The van der Waals surface area contributed by atoms with Crippen molar-refractivity contribution >= 4 is 5.91 Å². The third kappa shape index (κ3) is 3.72. The first kappa shape index (κ1) is 18.0. The van der Waals surface area contributed by atoms with E-state index in [1.54, 1.807) is 7.11 Å². The molecule has 1 aromatic heterocycles. The molecule has 0 spiro atoms. The predicted octanol–water partition coefficient (Wildman–Crippen LogP) is 2.99. The van der Waals surface area contributed by atoms with Crippen molar-refractivity contribution in [2.45, 2.75) is 44.1 Å². The molecule has 1 saturated heterocycles. The molecule has 2 aromatic rings. The van der Waals surface area contributed by atoms with Crippen LogP contribution in [0.3, 0.4) is 0 Å². The van der Waals surface area contributed by atoms with Crippen molar-refractivity contribution in [3.8, 4) is 5.75 Å². The van der Waals surface area contributed by atoms with Gasteiger partial charge in [0.15, 0.2) is 5.69 Å². The van der Waals surface area contributed by atoms with Crippen LogP contribution >= 0.6 is 0 Å². The lowest BCUT2D eigenvalue weighted by atomic mass is 9.92. The number of para-hydroxylation sites is 1.